The van der Waals surface area contributed by atoms with Crippen molar-refractivity contribution >= 4 is 23.4 Å². The van der Waals surface area contributed by atoms with E-state index in [1.165, 1.54) is 29.9 Å². The first kappa shape index (κ1) is 46.8. The standard InChI is InChI=1S/C52H67FN2O7S/c1-3-30-60-52-48(55(36-38-20-23-40(53)24-21-38)49(58)27-22-37-14-8-9-15-37)35-46(54-61-4-2)44-33-39(16-10-12-28-56)43(19-11-13-29-57)50(51(44)52)45-34-41(25-26-47(45)62-52)59-31-32-63-42-17-6-5-7-18-42/h3,5-7,17-18,20-21,23-26,33-34,37,39,43,48,50-51,56-57H,1,4,8-16,19,22,27-32,35-36H2,2H3. The fourth-order valence-electron chi connectivity index (χ4n) is 10.6. The molecule has 1 aliphatic heterocycles. The number of amides is 1. The maximum Gasteiger partial charge on any atom is 0.239 e. The van der Waals surface area contributed by atoms with Crippen molar-refractivity contribution in [1.82, 2.24) is 4.90 Å². The van der Waals surface area contributed by atoms with E-state index in [0.29, 0.717) is 50.6 Å². The third-order valence-electron chi connectivity index (χ3n) is 13.5. The van der Waals surface area contributed by atoms with E-state index in [1.54, 1.807) is 30.0 Å². The third-order valence-corrected chi connectivity index (χ3v) is 14.5. The highest BCUT2D eigenvalue weighted by molar-refractivity contribution is 7.99. The van der Waals surface area contributed by atoms with E-state index in [0.717, 1.165) is 78.9 Å². The molecule has 7 rings (SSSR count). The molecule has 4 aliphatic rings. The maximum absolute atomic E-state index is 15.0. The lowest BCUT2D eigenvalue weighted by Crippen LogP contribution is -2.70. The summed E-state index contributed by atoms with van der Waals surface area (Å²) in [5.41, 5.74) is 3.59. The van der Waals surface area contributed by atoms with Crippen molar-refractivity contribution in [3.05, 3.63) is 114 Å². The molecule has 1 amide bonds. The third kappa shape index (κ3) is 11.4. The van der Waals surface area contributed by atoms with Crippen LogP contribution in [0, 0.1) is 29.5 Å². The normalized spacial score (nSPS) is 24.5. The van der Waals surface area contributed by atoms with Crippen LogP contribution in [0.1, 0.15) is 107 Å². The van der Waals surface area contributed by atoms with E-state index in [9.17, 15) is 14.6 Å². The van der Waals surface area contributed by atoms with Crippen LogP contribution in [0.4, 0.5) is 4.39 Å². The van der Waals surface area contributed by atoms with Crippen LogP contribution < -0.4 is 9.47 Å². The van der Waals surface area contributed by atoms with Gasteiger partial charge in [0.25, 0.3) is 0 Å². The molecule has 3 aliphatic carbocycles. The molecule has 0 bridgehead atoms. The Hall–Kier alpha value is -4.16. The van der Waals surface area contributed by atoms with Crippen LogP contribution in [0.25, 0.3) is 0 Å². The lowest BCUT2D eigenvalue weighted by molar-refractivity contribution is -0.258. The molecule has 340 valence electrons. The second kappa shape index (κ2) is 23.2. The smallest absolute Gasteiger partial charge is 0.239 e. The summed E-state index contributed by atoms with van der Waals surface area (Å²) in [6.45, 7) is 7.53. The molecule has 2 saturated carbocycles. The van der Waals surface area contributed by atoms with Crippen LogP contribution in [0.15, 0.2) is 107 Å². The van der Waals surface area contributed by atoms with Gasteiger partial charge in [0.1, 0.15) is 30.0 Å². The first-order chi connectivity index (χ1) is 30.9. The average Bonchev–Trinajstić information content (AvgIpc) is 3.84. The predicted molar refractivity (Wildman–Crippen MR) is 247 cm³/mol. The molecule has 0 aromatic heterocycles. The molecular weight excluding hydrogens is 816 g/mol. The number of benzene rings is 3. The summed E-state index contributed by atoms with van der Waals surface area (Å²) in [5.74, 6) is 0.668. The van der Waals surface area contributed by atoms with Crippen LogP contribution in [0.3, 0.4) is 0 Å². The lowest BCUT2D eigenvalue weighted by Gasteiger charge is -2.60. The molecule has 3 aromatic carbocycles. The number of halogens is 1. The Labute approximate surface area is 378 Å². The highest BCUT2D eigenvalue weighted by atomic mass is 32.2. The number of nitrogens with zero attached hydrogens (tertiary/aromatic N) is 2. The van der Waals surface area contributed by atoms with E-state index < -0.39 is 17.7 Å². The minimum atomic E-state index is -1.37. The van der Waals surface area contributed by atoms with Gasteiger partial charge in [-0.3, -0.25) is 4.79 Å². The SMILES string of the molecule is C=CCOC12Oc3ccc(OCCSc4ccccc4)cc3C3C(CCCCO)C(CCCCO)C=C(C(=NOCC)CC1N(Cc1ccc(F)cc1)C(=O)CCC1CCCC1)C32. The number of aliphatic hydroxyl groups excluding tert-OH is 2. The average molecular weight is 883 g/mol. The quantitative estimate of drug-likeness (QED) is 0.0396. The van der Waals surface area contributed by atoms with Crippen molar-refractivity contribution in [1.29, 1.82) is 0 Å². The van der Waals surface area contributed by atoms with Crippen LogP contribution in [-0.2, 0) is 20.9 Å². The fourth-order valence-corrected chi connectivity index (χ4v) is 11.4. The first-order valence-corrected chi connectivity index (χ1v) is 24.4. The van der Waals surface area contributed by atoms with Gasteiger partial charge in [-0.1, -0.05) is 86.2 Å². The van der Waals surface area contributed by atoms with Gasteiger partial charge in [-0.25, -0.2) is 4.39 Å². The van der Waals surface area contributed by atoms with Gasteiger partial charge < -0.3 is 34.2 Å². The molecular formula is C52H67FN2O7S. The zero-order chi connectivity index (χ0) is 44.0. The number of rotatable bonds is 24. The number of carbonyl (C=O) groups is 1. The van der Waals surface area contributed by atoms with Gasteiger partial charge in [0.15, 0.2) is 0 Å². The highest BCUT2D eigenvalue weighted by Crippen LogP contribution is 2.62. The summed E-state index contributed by atoms with van der Waals surface area (Å²) >= 11 is 1.75. The largest absolute Gasteiger partial charge is 0.493 e. The van der Waals surface area contributed by atoms with Gasteiger partial charge in [0, 0.05) is 54.7 Å². The minimum absolute atomic E-state index is 0.00115. The summed E-state index contributed by atoms with van der Waals surface area (Å²) in [6, 6.07) is 22.2. The number of hydrogen-bond acceptors (Lipinski definition) is 9. The second-order valence-corrected chi connectivity index (χ2v) is 18.7. The second-order valence-electron chi connectivity index (χ2n) is 17.5. The van der Waals surface area contributed by atoms with Crippen molar-refractivity contribution < 1.29 is 38.4 Å². The molecule has 0 radical (unpaired) electrons. The van der Waals surface area contributed by atoms with Crippen molar-refractivity contribution in [2.45, 2.75) is 120 Å². The van der Waals surface area contributed by atoms with Crippen LogP contribution in [-0.4, -0.2) is 77.3 Å². The van der Waals surface area contributed by atoms with E-state index in [2.05, 4.69) is 30.9 Å². The molecule has 6 atom stereocenters. The van der Waals surface area contributed by atoms with Crippen molar-refractivity contribution in [3.8, 4) is 11.5 Å². The molecule has 9 nitrogen and oxygen atoms in total. The van der Waals surface area contributed by atoms with Gasteiger partial charge in [0.2, 0.25) is 11.7 Å². The topological polar surface area (TPSA) is 110 Å². The van der Waals surface area contributed by atoms with Gasteiger partial charge in [-0.05, 0) is 110 Å². The Morgan fingerprint density at radius 2 is 1.76 bits per heavy atom. The molecule has 2 N–H and O–H groups in total. The Kier molecular flexibility index (Phi) is 17.2. The van der Waals surface area contributed by atoms with Crippen LogP contribution >= 0.6 is 11.8 Å². The number of carbonyl (C=O) groups excluding carboxylic acids is 1. The van der Waals surface area contributed by atoms with Gasteiger partial charge in [-0.2, -0.15) is 0 Å². The number of oxime groups is 1. The summed E-state index contributed by atoms with van der Waals surface area (Å²) in [6.07, 6.45) is 15.0. The summed E-state index contributed by atoms with van der Waals surface area (Å²) < 4.78 is 35.5. The Morgan fingerprint density at radius 3 is 2.49 bits per heavy atom. The van der Waals surface area contributed by atoms with Crippen molar-refractivity contribution in [2.24, 2.45) is 28.8 Å². The molecule has 1 heterocycles. The molecule has 0 spiro atoms. The Morgan fingerprint density at radius 1 is 1.00 bits per heavy atom. The van der Waals surface area contributed by atoms with Gasteiger partial charge >= 0.3 is 0 Å². The van der Waals surface area contributed by atoms with Crippen LogP contribution in [0.2, 0.25) is 0 Å². The van der Waals surface area contributed by atoms with E-state index >= 15 is 4.79 Å². The fraction of sp³-hybridized carbons (Fsp3) is 0.538. The molecule has 0 saturated heterocycles. The monoisotopic (exact) mass is 882 g/mol. The predicted octanol–water partition coefficient (Wildman–Crippen LogP) is 10.6. The number of aliphatic hydroxyl groups is 2. The van der Waals surface area contributed by atoms with E-state index in [4.69, 9.17) is 24.2 Å². The Balaban J connectivity index is 1.37. The number of hydrogen-bond donors (Lipinski definition) is 2. The molecule has 2 fully saturated rings. The number of allylic oxidation sites excluding steroid dienone is 1. The molecule has 6 unspecified atom stereocenters. The Bertz CT molecular complexity index is 1990. The van der Waals surface area contributed by atoms with E-state index in [1.807, 2.05) is 42.2 Å². The maximum atomic E-state index is 15.0. The van der Waals surface area contributed by atoms with Crippen LogP contribution in [0.5, 0.6) is 11.5 Å². The van der Waals surface area contributed by atoms with Gasteiger partial charge in [0.05, 0.1) is 24.8 Å². The van der Waals surface area contributed by atoms with Crippen molar-refractivity contribution in [2.75, 3.05) is 38.8 Å². The lowest BCUT2D eigenvalue weighted by atomic mass is 9.55. The summed E-state index contributed by atoms with van der Waals surface area (Å²) in [4.78, 5) is 24.1. The zero-order valence-corrected chi connectivity index (χ0v) is 37.8. The zero-order valence-electron chi connectivity index (χ0n) is 37.0. The molecule has 63 heavy (non-hydrogen) atoms. The molecule has 3 aromatic rings. The number of thioether (sulfide) groups is 1. The number of fused-ring (bicyclic) bond motifs is 2. The number of unbranched alkanes of at least 4 members (excludes halogenated alkanes) is 2. The van der Waals surface area contributed by atoms with E-state index in [-0.39, 0.29) is 55.8 Å². The minimum Gasteiger partial charge on any atom is -0.493 e. The number of ether oxygens (including phenoxy) is 3. The molecule has 11 heteroatoms. The summed E-state index contributed by atoms with van der Waals surface area (Å²) in [5, 5.41) is 24.8. The van der Waals surface area contributed by atoms with Crippen molar-refractivity contribution in [3.63, 3.8) is 0 Å². The first-order valence-electron chi connectivity index (χ1n) is 23.4. The summed E-state index contributed by atoms with van der Waals surface area (Å²) in [7, 11) is 0. The highest BCUT2D eigenvalue weighted by Gasteiger charge is 2.65. The van der Waals surface area contributed by atoms with Gasteiger partial charge in [-0.15, -0.1) is 18.3 Å².